The molecule has 18 heavy (non-hydrogen) atoms. The second-order valence-corrected chi connectivity index (χ2v) is 5.19. The molecular weight excluding hydrogens is 236 g/mol. The van der Waals surface area contributed by atoms with Crippen molar-refractivity contribution >= 4 is 17.8 Å². The van der Waals surface area contributed by atoms with Gasteiger partial charge in [0, 0.05) is 12.3 Å². The Morgan fingerprint density at radius 1 is 1.28 bits per heavy atom. The number of primary amides is 1. The number of nitrogens with one attached hydrogen (secondary N) is 1. The van der Waals surface area contributed by atoms with E-state index in [4.69, 9.17) is 10.8 Å². The predicted molar refractivity (Wildman–Crippen MR) is 62.3 cm³/mol. The molecule has 0 aromatic heterocycles. The van der Waals surface area contributed by atoms with Gasteiger partial charge < -0.3 is 16.2 Å². The number of nitrogens with two attached hydrogens (primary N) is 1. The van der Waals surface area contributed by atoms with E-state index in [1.807, 2.05) is 0 Å². The van der Waals surface area contributed by atoms with Crippen LogP contribution in [0.15, 0.2) is 0 Å². The molecule has 2 aliphatic carbocycles. The van der Waals surface area contributed by atoms with Gasteiger partial charge in [0.05, 0.1) is 0 Å². The van der Waals surface area contributed by atoms with Crippen molar-refractivity contribution < 1.29 is 19.5 Å². The Hall–Kier alpha value is -1.59. The third kappa shape index (κ3) is 2.63. The summed E-state index contributed by atoms with van der Waals surface area (Å²) in [5.41, 5.74) is 4.97. The number of carbonyl (C=O) groups is 3. The minimum atomic E-state index is -1.12. The minimum Gasteiger partial charge on any atom is -0.480 e. The smallest absolute Gasteiger partial charge is 0.326 e. The molecule has 4 N–H and O–H groups in total. The van der Waals surface area contributed by atoms with Crippen LogP contribution >= 0.6 is 0 Å². The normalized spacial score (nSPS) is 30.3. The van der Waals surface area contributed by atoms with Gasteiger partial charge in [0.2, 0.25) is 11.8 Å². The molecule has 0 radical (unpaired) electrons. The highest BCUT2D eigenvalue weighted by Crippen LogP contribution is 2.57. The van der Waals surface area contributed by atoms with E-state index in [0.29, 0.717) is 11.8 Å². The number of carboxylic acids is 1. The number of amides is 2. The van der Waals surface area contributed by atoms with Crippen molar-refractivity contribution in [3.63, 3.8) is 0 Å². The summed E-state index contributed by atoms with van der Waals surface area (Å²) in [4.78, 5) is 33.5. The van der Waals surface area contributed by atoms with E-state index < -0.39 is 17.9 Å². The molecule has 6 heteroatoms. The van der Waals surface area contributed by atoms with Crippen molar-refractivity contribution in [1.29, 1.82) is 0 Å². The lowest BCUT2D eigenvalue weighted by molar-refractivity contribution is -0.142. The molecule has 3 atom stereocenters. The molecule has 100 valence electrons. The molecule has 2 aliphatic rings. The molecule has 0 spiro atoms. The van der Waals surface area contributed by atoms with Crippen molar-refractivity contribution in [2.24, 2.45) is 23.5 Å². The average molecular weight is 254 g/mol. The van der Waals surface area contributed by atoms with Crippen molar-refractivity contribution in [2.45, 2.75) is 38.1 Å². The molecular formula is C12H18N2O4. The highest BCUT2D eigenvalue weighted by molar-refractivity contribution is 5.87. The van der Waals surface area contributed by atoms with E-state index in [1.165, 1.54) is 6.42 Å². The standard InChI is InChI=1S/C12H18N2O4/c13-9(15)5-4-8(12(17)18)14-11(16)10-6-2-1-3-7(6)10/h6-8,10H,1-5H2,(H2,13,15)(H,14,16)(H,17,18)/t6?,7?,8-,10?/m1/s1. The SMILES string of the molecule is NC(=O)CC[C@@H](NC(=O)C1C2CCCC21)C(=O)O. The summed E-state index contributed by atoms with van der Waals surface area (Å²) < 4.78 is 0. The molecule has 0 aromatic rings. The summed E-state index contributed by atoms with van der Waals surface area (Å²) in [7, 11) is 0. The fourth-order valence-corrected chi connectivity index (χ4v) is 3.02. The largest absolute Gasteiger partial charge is 0.480 e. The zero-order chi connectivity index (χ0) is 13.3. The number of carboxylic acid groups (broad SMARTS) is 1. The number of rotatable bonds is 6. The average Bonchev–Trinajstić information content (AvgIpc) is 2.77. The Bertz CT molecular complexity index is 372. The Labute approximate surface area is 105 Å². The summed E-state index contributed by atoms with van der Waals surface area (Å²) in [5, 5.41) is 11.5. The topological polar surface area (TPSA) is 109 Å². The summed E-state index contributed by atoms with van der Waals surface area (Å²) in [6, 6.07) is -1.01. The van der Waals surface area contributed by atoms with E-state index in [2.05, 4.69) is 5.32 Å². The molecule has 2 amide bonds. The van der Waals surface area contributed by atoms with E-state index in [0.717, 1.165) is 12.8 Å². The molecule has 0 saturated heterocycles. The lowest BCUT2D eigenvalue weighted by atomic mass is 10.1. The van der Waals surface area contributed by atoms with Crippen LogP contribution in [0.5, 0.6) is 0 Å². The van der Waals surface area contributed by atoms with Crippen LogP contribution in [0.25, 0.3) is 0 Å². The van der Waals surface area contributed by atoms with Gasteiger partial charge in [0.15, 0.2) is 0 Å². The summed E-state index contributed by atoms with van der Waals surface area (Å²) >= 11 is 0. The molecule has 2 unspecified atom stereocenters. The third-order valence-electron chi connectivity index (χ3n) is 4.00. The summed E-state index contributed by atoms with van der Waals surface area (Å²) in [5.74, 6) is -0.948. The van der Waals surface area contributed by atoms with E-state index >= 15 is 0 Å². The van der Waals surface area contributed by atoms with Crippen molar-refractivity contribution in [2.75, 3.05) is 0 Å². The van der Waals surface area contributed by atoms with E-state index in [1.54, 1.807) is 0 Å². The lowest BCUT2D eigenvalue weighted by Crippen LogP contribution is -2.42. The predicted octanol–water partition coefficient (Wildman–Crippen LogP) is -0.133. The second-order valence-electron chi connectivity index (χ2n) is 5.19. The van der Waals surface area contributed by atoms with Crippen LogP contribution in [0, 0.1) is 17.8 Å². The van der Waals surface area contributed by atoms with Gasteiger partial charge in [0.25, 0.3) is 0 Å². The van der Waals surface area contributed by atoms with Gasteiger partial charge in [-0.05, 0) is 31.1 Å². The van der Waals surface area contributed by atoms with E-state index in [9.17, 15) is 14.4 Å². The fraction of sp³-hybridized carbons (Fsp3) is 0.750. The van der Waals surface area contributed by atoms with Crippen LogP contribution in [0.2, 0.25) is 0 Å². The molecule has 0 bridgehead atoms. The Balaban J connectivity index is 1.83. The molecule has 2 rings (SSSR count). The lowest BCUT2D eigenvalue weighted by Gasteiger charge is -2.14. The van der Waals surface area contributed by atoms with Crippen LogP contribution in [-0.2, 0) is 14.4 Å². The van der Waals surface area contributed by atoms with Crippen LogP contribution in [-0.4, -0.2) is 28.9 Å². The van der Waals surface area contributed by atoms with Gasteiger partial charge in [-0.3, -0.25) is 9.59 Å². The van der Waals surface area contributed by atoms with Crippen LogP contribution in [0.3, 0.4) is 0 Å². The van der Waals surface area contributed by atoms with Gasteiger partial charge in [-0.2, -0.15) is 0 Å². The number of carbonyl (C=O) groups excluding carboxylic acids is 2. The zero-order valence-electron chi connectivity index (χ0n) is 10.1. The van der Waals surface area contributed by atoms with E-state index in [-0.39, 0.29) is 24.7 Å². The Morgan fingerprint density at radius 3 is 2.39 bits per heavy atom. The first-order chi connectivity index (χ1) is 8.50. The number of hydrogen-bond acceptors (Lipinski definition) is 3. The molecule has 2 saturated carbocycles. The molecule has 0 aromatic carbocycles. The number of hydrogen-bond donors (Lipinski definition) is 3. The second kappa shape index (κ2) is 4.96. The first kappa shape index (κ1) is 12.9. The first-order valence-corrected chi connectivity index (χ1v) is 6.32. The number of aliphatic carboxylic acids is 1. The van der Waals surface area contributed by atoms with Crippen molar-refractivity contribution in [1.82, 2.24) is 5.32 Å². The summed E-state index contributed by atoms with van der Waals surface area (Å²) in [6.07, 6.45) is 3.33. The maximum absolute atomic E-state index is 11.9. The molecule has 0 aliphatic heterocycles. The van der Waals surface area contributed by atoms with Gasteiger partial charge >= 0.3 is 5.97 Å². The van der Waals surface area contributed by atoms with Crippen LogP contribution in [0.4, 0.5) is 0 Å². The van der Waals surface area contributed by atoms with Gasteiger partial charge in [0.1, 0.15) is 6.04 Å². The quantitative estimate of drug-likeness (QED) is 0.613. The summed E-state index contributed by atoms with van der Waals surface area (Å²) in [6.45, 7) is 0. The van der Waals surface area contributed by atoms with Gasteiger partial charge in [-0.15, -0.1) is 0 Å². The highest BCUT2D eigenvalue weighted by atomic mass is 16.4. The maximum atomic E-state index is 11.9. The first-order valence-electron chi connectivity index (χ1n) is 6.32. The number of fused-ring (bicyclic) bond motifs is 1. The monoisotopic (exact) mass is 254 g/mol. The minimum absolute atomic E-state index is 0.00539. The molecule has 0 heterocycles. The van der Waals surface area contributed by atoms with Crippen LogP contribution < -0.4 is 11.1 Å². The Morgan fingerprint density at radius 2 is 1.89 bits per heavy atom. The Kier molecular flexibility index (Phi) is 3.54. The fourth-order valence-electron chi connectivity index (χ4n) is 3.02. The van der Waals surface area contributed by atoms with Crippen LogP contribution in [0.1, 0.15) is 32.1 Å². The van der Waals surface area contributed by atoms with Gasteiger partial charge in [-0.25, -0.2) is 4.79 Å². The van der Waals surface area contributed by atoms with Crippen molar-refractivity contribution in [3.8, 4) is 0 Å². The third-order valence-corrected chi connectivity index (χ3v) is 4.00. The zero-order valence-corrected chi connectivity index (χ0v) is 10.1. The maximum Gasteiger partial charge on any atom is 0.326 e. The molecule has 2 fully saturated rings. The highest BCUT2D eigenvalue weighted by Gasteiger charge is 2.56. The molecule has 6 nitrogen and oxygen atoms in total. The van der Waals surface area contributed by atoms with Crippen molar-refractivity contribution in [3.05, 3.63) is 0 Å². The van der Waals surface area contributed by atoms with Gasteiger partial charge in [-0.1, -0.05) is 6.42 Å².